The molecular formula is C21H25Cl2N5O2. The summed E-state index contributed by atoms with van der Waals surface area (Å²) in [6.45, 7) is 5.84. The number of anilines is 1. The minimum Gasteiger partial charge on any atom is -0.323 e. The zero-order valence-corrected chi connectivity index (χ0v) is 18.7. The van der Waals surface area contributed by atoms with E-state index in [2.05, 4.69) is 10.00 Å². The van der Waals surface area contributed by atoms with E-state index in [4.69, 9.17) is 23.2 Å². The van der Waals surface area contributed by atoms with Gasteiger partial charge in [-0.1, -0.05) is 29.3 Å². The van der Waals surface area contributed by atoms with Gasteiger partial charge in [-0.05, 0) is 36.0 Å². The summed E-state index contributed by atoms with van der Waals surface area (Å²) in [4.78, 5) is 30.0. The molecule has 3 heterocycles. The predicted molar refractivity (Wildman–Crippen MR) is 117 cm³/mol. The molecule has 0 bridgehead atoms. The Morgan fingerprint density at radius 1 is 1.17 bits per heavy atom. The quantitative estimate of drug-likeness (QED) is 0.715. The molecule has 2 aromatic rings. The van der Waals surface area contributed by atoms with Crippen LogP contribution in [0.1, 0.15) is 25.3 Å². The molecular weight excluding hydrogens is 425 g/mol. The van der Waals surface area contributed by atoms with Crippen LogP contribution in [-0.4, -0.2) is 64.7 Å². The maximum absolute atomic E-state index is 12.8. The number of likely N-dealkylation sites (tertiary alicyclic amines) is 2. The van der Waals surface area contributed by atoms with Crippen LogP contribution in [0.15, 0.2) is 30.6 Å². The Morgan fingerprint density at radius 2 is 1.87 bits per heavy atom. The zero-order valence-electron chi connectivity index (χ0n) is 17.1. The van der Waals surface area contributed by atoms with Crippen LogP contribution in [0, 0.1) is 5.41 Å². The number of hydrogen-bond acceptors (Lipinski definition) is 4. The number of halogens is 2. The minimum absolute atomic E-state index is 0.0997. The van der Waals surface area contributed by atoms with E-state index >= 15 is 0 Å². The molecule has 0 radical (unpaired) electrons. The first-order chi connectivity index (χ1) is 14.3. The Kier molecular flexibility index (Phi) is 5.79. The average molecular weight is 450 g/mol. The molecule has 0 unspecified atom stereocenters. The number of benzene rings is 1. The second-order valence-corrected chi connectivity index (χ2v) is 9.20. The second kappa shape index (κ2) is 8.21. The van der Waals surface area contributed by atoms with Gasteiger partial charge in [0, 0.05) is 46.7 Å². The number of carbonyl (C=O) groups excluding carboxylic acids is 2. The van der Waals surface area contributed by atoms with E-state index in [9.17, 15) is 9.59 Å². The van der Waals surface area contributed by atoms with E-state index in [1.807, 2.05) is 23.1 Å². The lowest BCUT2D eigenvalue weighted by Crippen LogP contribution is -2.60. The van der Waals surface area contributed by atoms with Gasteiger partial charge in [-0.2, -0.15) is 9.78 Å². The topological polar surface area (TPSA) is 61.7 Å². The van der Waals surface area contributed by atoms with E-state index in [-0.39, 0.29) is 17.4 Å². The average Bonchev–Trinajstić information content (AvgIpc) is 3.19. The van der Waals surface area contributed by atoms with Crippen LogP contribution in [-0.2, 0) is 11.3 Å². The van der Waals surface area contributed by atoms with Crippen LogP contribution < -0.4 is 4.90 Å². The number of rotatable bonds is 3. The number of piperidine rings is 1. The Labute approximate surface area is 186 Å². The molecule has 160 valence electrons. The predicted octanol–water partition coefficient (Wildman–Crippen LogP) is 3.74. The standard InChI is InChI=1S/C21H25Cl2N5O2/c1-15(29)25(2)17-10-24-28(12-17)20(30)27-7-5-21(6-8-27)13-26(14-21)11-16-3-4-18(22)19(23)9-16/h3-4,9-10,12H,5-8,11,13-14H2,1-2H3. The van der Waals surface area contributed by atoms with E-state index in [0.29, 0.717) is 15.7 Å². The van der Waals surface area contributed by atoms with Crippen molar-refractivity contribution in [2.75, 3.05) is 38.1 Å². The molecule has 4 rings (SSSR count). The van der Waals surface area contributed by atoms with Gasteiger partial charge in [0.15, 0.2) is 0 Å². The van der Waals surface area contributed by atoms with Gasteiger partial charge in [-0.3, -0.25) is 9.69 Å². The molecule has 0 saturated carbocycles. The molecule has 9 heteroatoms. The van der Waals surface area contributed by atoms with Crippen molar-refractivity contribution in [3.05, 3.63) is 46.2 Å². The van der Waals surface area contributed by atoms with Crippen molar-refractivity contribution in [1.29, 1.82) is 0 Å². The summed E-state index contributed by atoms with van der Waals surface area (Å²) < 4.78 is 1.32. The molecule has 7 nitrogen and oxygen atoms in total. The molecule has 1 aromatic heterocycles. The maximum atomic E-state index is 12.8. The van der Waals surface area contributed by atoms with E-state index in [1.165, 1.54) is 22.7 Å². The van der Waals surface area contributed by atoms with Crippen LogP contribution in [0.2, 0.25) is 10.0 Å². The molecule has 2 fully saturated rings. The van der Waals surface area contributed by atoms with Gasteiger partial charge in [-0.25, -0.2) is 4.79 Å². The summed E-state index contributed by atoms with van der Waals surface area (Å²) in [5, 5.41) is 5.31. The van der Waals surface area contributed by atoms with Crippen LogP contribution >= 0.6 is 23.2 Å². The molecule has 2 aliphatic rings. The van der Waals surface area contributed by atoms with Crippen molar-refractivity contribution in [2.24, 2.45) is 5.41 Å². The number of hydrogen-bond donors (Lipinski definition) is 0. The molecule has 0 atom stereocenters. The lowest BCUT2D eigenvalue weighted by atomic mass is 9.72. The largest absolute Gasteiger partial charge is 0.344 e. The third-order valence-corrected chi connectivity index (χ3v) is 6.97. The van der Waals surface area contributed by atoms with Gasteiger partial charge in [0.1, 0.15) is 0 Å². The van der Waals surface area contributed by atoms with Gasteiger partial charge in [-0.15, -0.1) is 0 Å². The van der Waals surface area contributed by atoms with Crippen molar-refractivity contribution in [2.45, 2.75) is 26.3 Å². The zero-order chi connectivity index (χ0) is 21.5. The van der Waals surface area contributed by atoms with E-state index in [1.54, 1.807) is 13.2 Å². The lowest BCUT2D eigenvalue weighted by molar-refractivity contribution is -0.116. The Balaban J connectivity index is 1.29. The van der Waals surface area contributed by atoms with Crippen LogP contribution in [0.25, 0.3) is 0 Å². The highest BCUT2D eigenvalue weighted by Gasteiger charge is 2.45. The third-order valence-electron chi connectivity index (χ3n) is 6.23. The highest BCUT2D eigenvalue weighted by atomic mass is 35.5. The fourth-order valence-electron chi connectivity index (χ4n) is 4.32. The highest BCUT2D eigenvalue weighted by Crippen LogP contribution is 2.41. The summed E-state index contributed by atoms with van der Waals surface area (Å²) in [5.41, 5.74) is 2.06. The fraction of sp³-hybridized carbons (Fsp3) is 0.476. The first kappa shape index (κ1) is 21.2. The van der Waals surface area contributed by atoms with Gasteiger partial charge in [0.25, 0.3) is 0 Å². The third kappa shape index (κ3) is 4.19. The highest BCUT2D eigenvalue weighted by molar-refractivity contribution is 6.42. The number of amides is 2. The minimum atomic E-state index is -0.139. The fourth-order valence-corrected chi connectivity index (χ4v) is 4.64. The summed E-state index contributed by atoms with van der Waals surface area (Å²) in [5.74, 6) is -0.0997. The van der Waals surface area contributed by atoms with Crippen molar-refractivity contribution in [3.8, 4) is 0 Å². The van der Waals surface area contributed by atoms with Gasteiger partial charge >= 0.3 is 6.03 Å². The first-order valence-corrected chi connectivity index (χ1v) is 10.8. The number of carbonyl (C=O) groups is 2. The Hall–Kier alpha value is -2.09. The summed E-state index contributed by atoms with van der Waals surface area (Å²) >= 11 is 12.1. The van der Waals surface area contributed by atoms with Gasteiger partial charge in [0.05, 0.1) is 28.1 Å². The SMILES string of the molecule is CC(=O)N(C)c1cnn(C(=O)N2CCC3(CC2)CN(Cc2ccc(Cl)c(Cl)c2)C3)c1. The Morgan fingerprint density at radius 3 is 2.50 bits per heavy atom. The summed E-state index contributed by atoms with van der Waals surface area (Å²) in [6, 6.07) is 5.65. The van der Waals surface area contributed by atoms with Crippen molar-refractivity contribution in [1.82, 2.24) is 19.6 Å². The number of nitrogens with zero attached hydrogens (tertiary/aromatic N) is 5. The van der Waals surface area contributed by atoms with Crippen LogP contribution in [0.4, 0.5) is 10.5 Å². The molecule has 1 spiro atoms. The van der Waals surface area contributed by atoms with Crippen LogP contribution in [0.5, 0.6) is 0 Å². The normalized spacial score (nSPS) is 18.3. The van der Waals surface area contributed by atoms with Crippen molar-refractivity contribution < 1.29 is 9.59 Å². The van der Waals surface area contributed by atoms with Crippen molar-refractivity contribution in [3.63, 3.8) is 0 Å². The monoisotopic (exact) mass is 449 g/mol. The Bertz CT molecular complexity index is 960. The molecule has 0 aliphatic carbocycles. The van der Waals surface area contributed by atoms with Crippen LogP contribution in [0.3, 0.4) is 0 Å². The molecule has 2 saturated heterocycles. The van der Waals surface area contributed by atoms with Gasteiger partial charge in [0.2, 0.25) is 5.91 Å². The van der Waals surface area contributed by atoms with E-state index < -0.39 is 0 Å². The summed E-state index contributed by atoms with van der Waals surface area (Å²) in [6.07, 6.45) is 5.12. The molecule has 2 aliphatic heterocycles. The second-order valence-electron chi connectivity index (χ2n) is 8.38. The lowest BCUT2D eigenvalue weighted by Gasteiger charge is -2.54. The number of aromatic nitrogens is 2. The smallest absolute Gasteiger partial charge is 0.323 e. The van der Waals surface area contributed by atoms with Gasteiger partial charge < -0.3 is 9.80 Å². The molecule has 2 amide bonds. The van der Waals surface area contributed by atoms with E-state index in [0.717, 1.165) is 51.1 Å². The van der Waals surface area contributed by atoms with Crippen molar-refractivity contribution >= 4 is 40.8 Å². The maximum Gasteiger partial charge on any atom is 0.344 e. The first-order valence-electron chi connectivity index (χ1n) is 10.0. The molecule has 1 aromatic carbocycles. The molecule has 0 N–H and O–H groups in total. The summed E-state index contributed by atoms with van der Waals surface area (Å²) in [7, 11) is 1.67. The molecule has 30 heavy (non-hydrogen) atoms.